The summed E-state index contributed by atoms with van der Waals surface area (Å²) in [7, 11) is 0. The third-order valence-electron chi connectivity index (χ3n) is 4.03. The number of imidazole rings is 1. The zero-order chi connectivity index (χ0) is 18.4. The molecular weight excluding hydrogens is 344 g/mol. The summed E-state index contributed by atoms with van der Waals surface area (Å²) in [6.07, 6.45) is 5.55. The lowest BCUT2D eigenvalue weighted by molar-refractivity contribution is 0.820. The highest BCUT2D eigenvalue weighted by Gasteiger charge is 2.04. The minimum atomic E-state index is 0.578. The number of hydrogen-bond acceptors (Lipinski definition) is 4. The van der Waals surface area contributed by atoms with Crippen LogP contribution in [-0.4, -0.2) is 27.0 Å². The van der Waals surface area contributed by atoms with Gasteiger partial charge in [0.1, 0.15) is 11.6 Å². The summed E-state index contributed by atoms with van der Waals surface area (Å²) < 4.78 is 1.96. The first kappa shape index (κ1) is 18.1. The summed E-state index contributed by atoms with van der Waals surface area (Å²) >= 11 is 1.76. The number of aromatic nitrogens is 3. The van der Waals surface area contributed by atoms with Gasteiger partial charge in [-0.25, -0.2) is 15.0 Å². The zero-order valence-electron chi connectivity index (χ0n) is 15.4. The molecule has 3 heterocycles. The Kier molecular flexibility index (Phi) is 6.01. The van der Waals surface area contributed by atoms with E-state index >= 15 is 0 Å². The van der Waals surface area contributed by atoms with Crippen molar-refractivity contribution >= 4 is 17.3 Å². The number of guanidine groups is 1. The number of hydrogen-bond donors (Lipinski definition) is 2. The number of aliphatic imine (C=N–C) groups is 1. The minimum Gasteiger partial charge on any atom is -0.357 e. The molecule has 0 spiro atoms. The van der Waals surface area contributed by atoms with Gasteiger partial charge in [0, 0.05) is 30.0 Å². The van der Waals surface area contributed by atoms with Gasteiger partial charge >= 0.3 is 0 Å². The second kappa shape index (κ2) is 8.62. The van der Waals surface area contributed by atoms with Gasteiger partial charge in [-0.2, -0.15) is 0 Å². The molecule has 136 valence electrons. The van der Waals surface area contributed by atoms with Gasteiger partial charge in [0.15, 0.2) is 5.96 Å². The van der Waals surface area contributed by atoms with E-state index in [0.29, 0.717) is 6.54 Å². The Hall–Kier alpha value is -2.67. The molecule has 3 aromatic rings. The lowest BCUT2D eigenvalue weighted by Gasteiger charge is -2.11. The molecule has 0 aliphatic heterocycles. The van der Waals surface area contributed by atoms with E-state index in [0.717, 1.165) is 36.3 Å². The molecule has 3 rings (SSSR count). The molecule has 7 heteroatoms. The van der Waals surface area contributed by atoms with Crippen molar-refractivity contribution in [2.24, 2.45) is 4.99 Å². The Bertz CT molecular complexity index is 862. The average Bonchev–Trinajstić information content (AvgIpc) is 3.26. The summed E-state index contributed by atoms with van der Waals surface area (Å²) in [5, 5.41) is 8.80. The number of rotatable bonds is 6. The number of nitrogens with one attached hydrogen (secondary N) is 2. The molecule has 0 unspecified atom stereocenters. The van der Waals surface area contributed by atoms with Crippen molar-refractivity contribution in [2.75, 3.05) is 6.54 Å². The van der Waals surface area contributed by atoms with E-state index < -0.39 is 0 Å². The van der Waals surface area contributed by atoms with Crippen LogP contribution in [0.5, 0.6) is 0 Å². The highest BCUT2D eigenvalue weighted by atomic mass is 32.1. The van der Waals surface area contributed by atoms with Crippen LogP contribution in [-0.2, 0) is 13.1 Å². The maximum atomic E-state index is 4.66. The Labute approximate surface area is 158 Å². The van der Waals surface area contributed by atoms with Crippen molar-refractivity contribution in [1.82, 2.24) is 25.2 Å². The summed E-state index contributed by atoms with van der Waals surface area (Å²) in [4.78, 5) is 14.7. The van der Waals surface area contributed by atoms with Gasteiger partial charge in [0.25, 0.3) is 0 Å². The molecular formula is C19H24N6S. The van der Waals surface area contributed by atoms with E-state index in [-0.39, 0.29) is 0 Å². The predicted octanol–water partition coefficient (Wildman–Crippen LogP) is 3.20. The molecule has 0 saturated heterocycles. The van der Waals surface area contributed by atoms with Crippen molar-refractivity contribution in [1.29, 1.82) is 0 Å². The molecule has 0 amide bonds. The molecule has 0 atom stereocenters. The zero-order valence-corrected chi connectivity index (χ0v) is 16.2. The van der Waals surface area contributed by atoms with E-state index in [1.807, 2.05) is 30.0 Å². The van der Waals surface area contributed by atoms with Crippen LogP contribution in [0.1, 0.15) is 28.8 Å². The largest absolute Gasteiger partial charge is 0.357 e. The van der Waals surface area contributed by atoms with Crippen LogP contribution in [0, 0.1) is 13.8 Å². The molecule has 0 aromatic carbocycles. The fraction of sp³-hybridized carbons (Fsp3) is 0.316. The summed E-state index contributed by atoms with van der Waals surface area (Å²) in [6, 6.07) is 6.19. The molecule has 3 aromatic heterocycles. The fourth-order valence-electron chi connectivity index (χ4n) is 2.53. The van der Waals surface area contributed by atoms with Crippen LogP contribution in [0.25, 0.3) is 5.82 Å². The Morgan fingerprint density at radius 3 is 2.69 bits per heavy atom. The summed E-state index contributed by atoms with van der Waals surface area (Å²) in [5.74, 6) is 2.60. The van der Waals surface area contributed by atoms with Crippen LogP contribution in [0.3, 0.4) is 0 Å². The lowest BCUT2D eigenvalue weighted by atomic mass is 10.3. The van der Waals surface area contributed by atoms with Crippen LogP contribution >= 0.6 is 11.3 Å². The molecule has 0 saturated carbocycles. The van der Waals surface area contributed by atoms with Crippen molar-refractivity contribution in [2.45, 2.75) is 33.9 Å². The number of pyridine rings is 1. The highest BCUT2D eigenvalue weighted by Crippen LogP contribution is 2.14. The second-order valence-corrected chi connectivity index (χ2v) is 6.95. The maximum Gasteiger partial charge on any atom is 0.191 e. The Morgan fingerprint density at radius 1 is 1.19 bits per heavy atom. The molecule has 26 heavy (non-hydrogen) atoms. The average molecular weight is 369 g/mol. The first-order valence-corrected chi connectivity index (χ1v) is 9.55. The normalized spacial score (nSPS) is 11.6. The van der Waals surface area contributed by atoms with Crippen molar-refractivity contribution in [3.8, 4) is 5.82 Å². The van der Waals surface area contributed by atoms with E-state index in [9.17, 15) is 0 Å². The Morgan fingerprint density at radius 2 is 2.08 bits per heavy atom. The molecule has 0 aliphatic rings. The highest BCUT2D eigenvalue weighted by molar-refractivity contribution is 7.10. The van der Waals surface area contributed by atoms with Crippen molar-refractivity contribution in [3.63, 3.8) is 0 Å². The topological polar surface area (TPSA) is 67.1 Å². The standard InChI is InChI=1S/C19H24N6S/c1-4-20-19(24-13-17-14(2)7-10-26-17)23-12-16-5-6-18(22-11-16)25-9-8-21-15(25)3/h5-11H,4,12-13H2,1-3H3,(H2,20,23,24). The third kappa shape index (κ3) is 4.49. The van der Waals surface area contributed by atoms with E-state index in [1.54, 1.807) is 17.5 Å². The first-order valence-electron chi connectivity index (χ1n) is 8.67. The Balaban J connectivity index is 1.63. The van der Waals surface area contributed by atoms with E-state index in [1.165, 1.54) is 10.4 Å². The molecule has 0 fully saturated rings. The fourth-order valence-corrected chi connectivity index (χ4v) is 3.38. The predicted molar refractivity (Wildman–Crippen MR) is 107 cm³/mol. The summed E-state index contributed by atoms with van der Waals surface area (Å²) in [6.45, 7) is 8.35. The molecule has 0 aliphatic carbocycles. The van der Waals surface area contributed by atoms with E-state index in [2.05, 4.69) is 57.0 Å². The monoisotopic (exact) mass is 368 g/mol. The smallest absolute Gasteiger partial charge is 0.191 e. The molecule has 6 nitrogen and oxygen atoms in total. The molecule has 0 radical (unpaired) electrons. The van der Waals surface area contributed by atoms with Gasteiger partial charge in [-0.3, -0.25) is 4.57 Å². The van der Waals surface area contributed by atoms with Crippen molar-refractivity contribution < 1.29 is 0 Å². The SMILES string of the molecule is CCNC(=NCc1ccc(-n2ccnc2C)nc1)NCc1sccc1C. The lowest BCUT2D eigenvalue weighted by Crippen LogP contribution is -2.36. The van der Waals surface area contributed by atoms with Gasteiger partial charge in [-0.1, -0.05) is 6.07 Å². The van der Waals surface area contributed by atoms with Crippen LogP contribution in [0.4, 0.5) is 0 Å². The first-order chi connectivity index (χ1) is 12.7. The van der Waals surface area contributed by atoms with Gasteiger partial charge < -0.3 is 10.6 Å². The minimum absolute atomic E-state index is 0.578. The number of thiophene rings is 1. The van der Waals surface area contributed by atoms with E-state index in [4.69, 9.17) is 0 Å². The third-order valence-corrected chi connectivity index (χ3v) is 5.05. The molecule has 0 bridgehead atoms. The summed E-state index contributed by atoms with van der Waals surface area (Å²) in [5.41, 5.74) is 2.38. The van der Waals surface area contributed by atoms with Crippen LogP contribution < -0.4 is 10.6 Å². The second-order valence-electron chi connectivity index (χ2n) is 5.94. The maximum absolute atomic E-state index is 4.66. The van der Waals surface area contributed by atoms with Gasteiger partial charge in [0.2, 0.25) is 0 Å². The molecule has 2 N–H and O–H groups in total. The van der Waals surface area contributed by atoms with Crippen LogP contribution in [0.2, 0.25) is 0 Å². The van der Waals surface area contributed by atoms with Gasteiger partial charge in [0.05, 0.1) is 13.1 Å². The quantitative estimate of drug-likeness (QED) is 0.518. The van der Waals surface area contributed by atoms with Gasteiger partial charge in [-0.15, -0.1) is 11.3 Å². The van der Waals surface area contributed by atoms with Crippen LogP contribution in [0.15, 0.2) is 47.2 Å². The van der Waals surface area contributed by atoms with Crippen molar-refractivity contribution in [3.05, 3.63) is 64.0 Å². The van der Waals surface area contributed by atoms with Gasteiger partial charge in [-0.05, 0) is 49.4 Å². The number of aryl methyl sites for hydroxylation is 2. The number of nitrogens with zero attached hydrogens (tertiary/aromatic N) is 4.